The van der Waals surface area contributed by atoms with E-state index in [1.807, 2.05) is 29.3 Å². The molecule has 148 valence electrons. The zero-order valence-corrected chi connectivity index (χ0v) is 17.5. The molecule has 0 unspecified atom stereocenters. The lowest BCUT2D eigenvalue weighted by atomic mass is 10.2. The Labute approximate surface area is 176 Å². The molecule has 0 spiro atoms. The lowest BCUT2D eigenvalue weighted by molar-refractivity contribution is 0.0697. The number of nitrogens with zero attached hydrogens (tertiary/aromatic N) is 3. The van der Waals surface area contributed by atoms with Gasteiger partial charge in [-0.25, -0.2) is 9.79 Å². The lowest BCUT2D eigenvalue weighted by Gasteiger charge is -2.27. The van der Waals surface area contributed by atoms with E-state index in [4.69, 9.17) is 17.3 Å². The minimum absolute atomic E-state index is 0.178. The van der Waals surface area contributed by atoms with Crippen LogP contribution in [0, 0.1) is 21.3 Å². The third-order valence-electron chi connectivity index (χ3n) is 4.04. The number of nitrogens with one attached hydrogen (secondary N) is 2. The first-order valence-corrected chi connectivity index (χ1v) is 10.1. The highest BCUT2D eigenvalue weighted by Crippen LogP contribution is 2.27. The van der Waals surface area contributed by atoms with Gasteiger partial charge in [-0.15, -0.1) is 11.3 Å². The number of fused-ring (bicyclic) bond motifs is 1. The van der Waals surface area contributed by atoms with E-state index in [2.05, 4.69) is 29.1 Å². The molecule has 0 amide bonds. The molecule has 3 rings (SSSR count). The van der Waals surface area contributed by atoms with Crippen LogP contribution >= 0.6 is 23.6 Å². The zero-order chi connectivity index (χ0) is 21.0. The van der Waals surface area contributed by atoms with Crippen molar-refractivity contribution in [2.24, 2.45) is 10.9 Å². The standard InChI is InChI=1S/C20H19N5O2S2/c1-12(2)10-25(15-7-8-16-17(9-15)29-20(28)24-16)19(22-11-21)23-14-5-3-13(4-6-14)18(26)27/h3-9,12H,10H2,1-2H3,(H,22,23)(H,24,28)(H,26,27). The van der Waals surface area contributed by atoms with Crippen LogP contribution in [0.1, 0.15) is 24.2 Å². The van der Waals surface area contributed by atoms with Gasteiger partial charge in [-0.3, -0.25) is 5.32 Å². The summed E-state index contributed by atoms with van der Waals surface area (Å²) < 4.78 is 1.72. The number of carboxylic acids is 1. The van der Waals surface area contributed by atoms with E-state index >= 15 is 0 Å². The first kappa shape index (κ1) is 20.5. The fraction of sp³-hybridized carbons (Fsp3) is 0.200. The maximum atomic E-state index is 11.1. The molecule has 3 N–H and O–H groups in total. The molecule has 0 aliphatic rings. The van der Waals surface area contributed by atoms with Crippen LogP contribution in [-0.4, -0.2) is 28.6 Å². The third kappa shape index (κ3) is 4.99. The van der Waals surface area contributed by atoms with Gasteiger partial charge in [0.15, 0.2) is 10.1 Å². The van der Waals surface area contributed by atoms with Crippen molar-refractivity contribution in [2.75, 3.05) is 11.4 Å². The highest BCUT2D eigenvalue weighted by atomic mass is 32.1. The smallest absolute Gasteiger partial charge is 0.335 e. The molecule has 7 nitrogen and oxygen atoms in total. The number of rotatable bonds is 5. The first-order chi connectivity index (χ1) is 13.9. The SMILES string of the molecule is CC(C)CN(C(=Nc1ccc(C(=O)O)cc1)NC#N)c1ccc2[nH]c(=S)sc2c1. The molecule has 2 aromatic carbocycles. The van der Waals surface area contributed by atoms with Gasteiger partial charge in [0.2, 0.25) is 5.96 Å². The molecular formula is C20H19N5O2S2. The summed E-state index contributed by atoms with van der Waals surface area (Å²) in [5.41, 5.74) is 2.56. The van der Waals surface area contributed by atoms with E-state index in [-0.39, 0.29) is 5.56 Å². The second-order valence-electron chi connectivity index (χ2n) is 6.72. The molecule has 29 heavy (non-hydrogen) atoms. The van der Waals surface area contributed by atoms with Crippen LogP contribution in [0.25, 0.3) is 10.2 Å². The van der Waals surface area contributed by atoms with Crippen molar-refractivity contribution < 1.29 is 9.90 Å². The topological polar surface area (TPSA) is 105 Å². The molecule has 0 aliphatic carbocycles. The van der Waals surface area contributed by atoms with Crippen LogP contribution in [0.5, 0.6) is 0 Å². The van der Waals surface area contributed by atoms with E-state index in [0.717, 1.165) is 15.9 Å². The van der Waals surface area contributed by atoms with Gasteiger partial charge < -0.3 is 15.0 Å². The summed E-state index contributed by atoms with van der Waals surface area (Å²) in [6.45, 7) is 4.79. The van der Waals surface area contributed by atoms with Gasteiger partial charge in [0.1, 0.15) is 0 Å². The Morgan fingerprint density at radius 1 is 1.34 bits per heavy atom. The fourth-order valence-corrected chi connectivity index (χ4v) is 3.94. The Morgan fingerprint density at radius 3 is 2.69 bits per heavy atom. The average Bonchev–Trinajstić information content (AvgIpc) is 3.05. The third-order valence-corrected chi connectivity index (χ3v) is 5.23. The number of hydrogen-bond acceptors (Lipinski definition) is 5. The average molecular weight is 426 g/mol. The fourth-order valence-electron chi connectivity index (χ4n) is 2.79. The normalized spacial score (nSPS) is 11.4. The molecule has 0 fully saturated rings. The van der Waals surface area contributed by atoms with E-state index in [9.17, 15) is 10.1 Å². The maximum Gasteiger partial charge on any atom is 0.335 e. The molecule has 0 saturated heterocycles. The lowest BCUT2D eigenvalue weighted by Crippen LogP contribution is -2.41. The van der Waals surface area contributed by atoms with Crippen LogP contribution in [-0.2, 0) is 0 Å². The number of aromatic carboxylic acids is 1. The van der Waals surface area contributed by atoms with Gasteiger partial charge in [-0.2, -0.15) is 5.26 Å². The second-order valence-corrected chi connectivity index (χ2v) is 8.44. The Kier molecular flexibility index (Phi) is 6.26. The van der Waals surface area contributed by atoms with E-state index in [1.165, 1.54) is 23.5 Å². The molecule has 1 aromatic heterocycles. The van der Waals surface area contributed by atoms with Crippen molar-refractivity contribution in [2.45, 2.75) is 13.8 Å². The van der Waals surface area contributed by atoms with E-state index in [0.29, 0.717) is 28.1 Å². The van der Waals surface area contributed by atoms with Gasteiger partial charge in [0.25, 0.3) is 0 Å². The number of aromatic amines is 1. The summed E-state index contributed by atoms with van der Waals surface area (Å²) in [5.74, 6) is -0.336. The Bertz CT molecular complexity index is 1160. The van der Waals surface area contributed by atoms with Gasteiger partial charge in [0, 0.05) is 12.2 Å². The molecule has 0 aliphatic heterocycles. The van der Waals surface area contributed by atoms with Gasteiger partial charge >= 0.3 is 5.97 Å². The highest BCUT2D eigenvalue weighted by Gasteiger charge is 2.17. The molecule has 0 radical (unpaired) electrons. The van der Waals surface area contributed by atoms with E-state index in [1.54, 1.807) is 12.1 Å². The molecule has 0 bridgehead atoms. The predicted molar refractivity (Wildman–Crippen MR) is 118 cm³/mol. The van der Waals surface area contributed by atoms with Crippen molar-refractivity contribution in [1.29, 1.82) is 5.26 Å². The summed E-state index contributed by atoms with van der Waals surface area (Å²) in [4.78, 5) is 20.7. The summed E-state index contributed by atoms with van der Waals surface area (Å²) in [6.07, 6.45) is 1.95. The number of benzene rings is 2. The number of guanidine groups is 1. The number of carbonyl (C=O) groups is 1. The Balaban J connectivity index is 2.05. The number of hydrogen-bond donors (Lipinski definition) is 3. The summed E-state index contributed by atoms with van der Waals surface area (Å²) in [5, 5.41) is 21.0. The summed E-state index contributed by atoms with van der Waals surface area (Å²) >= 11 is 6.72. The van der Waals surface area contributed by atoms with Crippen molar-refractivity contribution in [3.05, 3.63) is 52.0 Å². The molecule has 3 aromatic rings. The van der Waals surface area contributed by atoms with Crippen molar-refractivity contribution in [1.82, 2.24) is 10.3 Å². The van der Waals surface area contributed by atoms with Crippen molar-refractivity contribution >= 4 is 57.1 Å². The number of H-pyrrole nitrogens is 1. The maximum absolute atomic E-state index is 11.1. The molecule has 0 atom stereocenters. The summed E-state index contributed by atoms with van der Waals surface area (Å²) in [7, 11) is 0. The van der Waals surface area contributed by atoms with Gasteiger partial charge in [-0.1, -0.05) is 13.8 Å². The minimum atomic E-state index is -1.00. The Hall–Kier alpha value is -3.22. The monoisotopic (exact) mass is 425 g/mol. The van der Waals surface area contributed by atoms with Crippen molar-refractivity contribution in [3.63, 3.8) is 0 Å². The van der Waals surface area contributed by atoms with Crippen LogP contribution in [0.4, 0.5) is 11.4 Å². The van der Waals surface area contributed by atoms with Crippen molar-refractivity contribution in [3.8, 4) is 6.19 Å². The molecular weight excluding hydrogens is 406 g/mol. The van der Waals surface area contributed by atoms with Crippen LogP contribution in [0.2, 0.25) is 0 Å². The predicted octanol–water partition coefficient (Wildman–Crippen LogP) is 4.88. The number of anilines is 1. The number of thiazole rings is 1. The second kappa shape index (κ2) is 8.86. The largest absolute Gasteiger partial charge is 0.478 e. The quantitative estimate of drug-likeness (QED) is 0.177. The number of aliphatic imine (C=N–C) groups is 1. The van der Waals surface area contributed by atoms with Gasteiger partial charge in [-0.05, 0) is 60.6 Å². The molecule has 1 heterocycles. The zero-order valence-electron chi connectivity index (χ0n) is 15.8. The van der Waals surface area contributed by atoms with Crippen LogP contribution in [0.3, 0.4) is 0 Å². The Morgan fingerprint density at radius 2 is 2.07 bits per heavy atom. The van der Waals surface area contributed by atoms with Crippen LogP contribution < -0.4 is 10.2 Å². The number of nitriles is 1. The van der Waals surface area contributed by atoms with Crippen LogP contribution in [0.15, 0.2) is 47.5 Å². The minimum Gasteiger partial charge on any atom is -0.478 e. The molecule has 9 heteroatoms. The first-order valence-electron chi connectivity index (χ1n) is 8.85. The summed E-state index contributed by atoms with van der Waals surface area (Å²) in [6, 6.07) is 12.1. The van der Waals surface area contributed by atoms with E-state index < -0.39 is 5.97 Å². The van der Waals surface area contributed by atoms with Gasteiger partial charge in [0.05, 0.1) is 21.5 Å². The highest BCUT2D eigenvalue weighted by molar-refractivity contribution is 7.73. The molecule has 0 saturated carbocycles. The number of carboxylic acid groups (broad SMARTS) is 1. The number of aromatic nitrogens is 1.